The molecule has 1 saturated heterocycles. The molecule has 0 aromatic heterocycles. The molecule has 2 N–H and O–H groups in total. The van der Waals surface area contributed by atoms with E-state index in [1.165, 1.54) is 0 Å². The summed E-state index contributed by atoms with van der Waals surface area (Å²) in [5.41, 5.74) is -0.717. The monoisotopic (exact) mass is 267 g/mol. The van der Waals surface area contributed by atoms with E-state index >= 15 is 0 Å². The van der Waals surface area contributed by atoms with Crippen molar-refractivity contribution in [3.8, 4) is 6.07 Å². The molecule has 1 rings (SSSR count). The molecule has 6 nitrogen and oxygen atoms in total. The van der Waals surface area contributed by atoms with Gasteiger partial charge < -0.3 is 10.4 Å². The van der Waals surface area contributed by atoms with Crippen LogP contribution in [0.4, 0.5) is 0 Å². The highest BCUT2D eigenvalue weighted by Gasteiger charge is 2.40. The number of amides is 1. The summed E-state index contributed by atoms with van der Waals surface area (Å²) in [6.07, 6.45) is 2.34. The van der Waals surface area contributed by atoms with Crippen LogP contribution < -0.4 is 5.32 Å². The van der Waals surface area contributed by atoms with E-state index in [1.807, 2.05) is 17.9 Å². The summed E-state index contributed by atoms with van der Waals surface area (Å²) in [4.78, 5) is 24.9. The highest BCUT2D eigenvalue weighted by molar-refractivity contribution is 5.78. The molecule has 1 amide bonds. The fourth-order valence-corrected chi connectivity index (χ4v) is 2.49. The minimum absolute atomic E-state index is 0.146. The van der Waals surface area contributed by atoms with Crippen LogP contribution in [0.25, 0.3) is 0 Å². The van der Waals surface area contributed by atoms with Crippen molar-refractivity contribution >= 4 is 11.9 Å². The van der Waals surface area contributed by atoms with Gasteiger partial charge >= 0.3 is 5.97 Å². The molecule has 1 aliphatic heterocycles. The number of nitrogens with zero attached hydrogens (tertiary/aromatic N) is 2. The fourth-order valence-electron chi connectivity index (χ4n) is 2.49. The third-order valence-corrected chi connectivity index (χ3v) is 3.71. The highest BCUT2D eigenvalue weighted by Crippen LogP contribution is 2.33. The Balaban J connectivity index is 2.49. The summed E-state index contributed by atoms with van der Waals surface area (Å²) in [6, 6.07) is 1.96. The van der Waals surface area contributed by atoms with Gasteiger partial charge in [-0.2, -0.15) is 5.26 Å². The van der Waals surface area contributed by atoms with Crippen molar-refractivity contribution in [1.82, 2.24) is 10.2 Å². The summed E-state index contributed by atoms with van der Waals surface area (Å²) in [5.74, 6) is -0.919. The minimum Gasteiger partial charge on any atom is -0.481 e. The number of hydrogen-bond donors (Lipinski definition) is 2. The Kier molecular flexibility index (Phi) is 5.77. The maximum absolute atomic E-state index is 11.6. The van der Waals surface area contributed by atoms with Crippen LogP contribution in [0.1, 0.15) is 32.6 Å². The second kappa shape index (κ2) is 7.10. The van der Waals surface area contributed by atoms with Crippen LogP contribution >= 0.6 is 0 Å². The number of carboxylic acids is 1. The number of nitrogens with one attached hydrogen (secondary N) is 1. The van der Waals surface area contributed by atoms with Crippen molar-refractivity contribution in [1.29, 1.82) is 5.26 Å². The van der Waals surface area contributed by atoms with E-state index in [1.54, 1.807) is 0 Å². The summed E-state index contributed by atoms with van der Waals surface area (Å²) < 4.78 is 0. The van der Waals surface area contributed by atoms with E-state index in [0.717, 1.165) is 13.0 Å². The largest absolute Gasteiger partial charge is 0.481 e. The Hall–Kier alpha value is -1.61. The molecule has 0 bridgehead atoms. The van der Waals surface area contributed by atoms with Gasteiger partial charge in [-0.05, 0) is 25.8 Å². The van der Waals surface area contributed by atoms with Gasteiger partial charge in [0.15, 0.2) is 0 Å². The van der Waals surface area contributed by atoms with Gasteiger partial charge in [0.25, 0.3) is 0 Å². The molecule has 106 valence electrons. The minimum atomic E-state index is -0.774. The smallest absolute Gasteiger partial charge is 0.310 e. The van der Waals surface area contributed by atoms with E-state index in [0.29, 0.717) is 32.4 Å². The number of hydrogen-bond acceptors (Lipinski definition) is 4. The number of piperidine rings is 1. The molecule has 1 atom stereocenters. The lowest BCUT2D eigenvalue weighted by Gasteiger charge is -2.39. The quantitative estimate of drug-likeness (QED) is 0.687. The lowest BCUT2D eigenvalue weighted by molar-refractivity contribution is -0.153. The average Bonchev–Trinajstić information content (AvgIpc) is 2.39. The Morgan fingerprint density at radius 3 is 2.84 bits per heavy atom. The molecule has 0 spiro atoms. The molecule has 0 saturated carbocycles. The van der Waals surface area contributed by atoms with Gasteiger partial charge in [0, 0.05) is 13.1 Å². The van der Waals surface area contributed by atoms with Crippen LogP contribution in [0.5, 0.6) is 0 Å². The summed E-state index contributed by atoms with van der Waals surface area (Å²) in [7, 11) is 0. The van der Waals surface area contributed by atoms with Crippen molar-refractivity contribution in [2.24, 2.45) is 5.41 Å². The zero-order valence-corrected chi connectivity index (χ0v) is 11.3. The van der Waals surface area contributed by atoms with Crippen molar-refractivity contribution in [3.63, 3.8) is 0 Å². The van der Waals surface area contributed by atoms with Gasteiger partial charge in [-0.3, -0.25) is 14.5 Å². The third-order valence-electron chi connectivity index (χ3n) is 3.71. The van der Waals surface area contributed by atoms with Crippen molar-refractivity contribution < 1.29 is 14.7 Å². The Labute approximate surface area is 113 Å². The van der Waals surface area contributed by atoms with E-state index in [4.69, 9.17) is 5.26 Å². The van der Waals surface area contributed by atoms with Crippen LogP contribution in [0.15, 0.2) is 0 Å². The van der Waals surface area contributed by atoms with Crippen molar-refractivity contribution in [2.45, 2.75) is 32.6 Å². The topological polar surface area (TPSA) is 93.4 Å². The molecule has 0 radical (unpaired) electrons. The lowest BCUT2D eigenvalue weighted by atomic mass is 9.77. The summed E-state index contributed by atoms with van der Waals surface area (Å²) in [5, 5.41) is 20.4. The first-order valence-electron chi connectivity index (χ1n) is 6.63. The van der Waals surface area contributed by atoms with Gasteiger partial charge in [-0.25, -0.2) is 0 Å². The maximum atomic E-state index is 11.6. The molecule has 1 unspecified atom stereocenters. The second-order valence-corrected chi connectivity index (χ2v) is 5.01. The summed E-state index contributed by atoms with van der Waals surface area (Å²) in [6.45, 7) is 3.61. The zero-order chi connectivity index (χ0) is 14.3. The first kappa shape index (κ1) is 15.4. The number of carbonyl (C=O) groups is 2. The van der Waals surface area contributed by atoms with E-state index in [9.17, 15) is 14.7 Å². The van der Waals surface area contributed by atoms with E-state index < -0.39 is 11.4 Å². The van der Waals surface area contributed by atoms with Crippen LogP contribution in [0, 0.1) is 16.7 Å². The number of carboxylic acid groups (broad SMARTS) is 1. The molecule has 19 heavy (non-hydrogen) atoms. The lowest BCUT2D eigenvalue weighted by Crippen LogP contribution is -2.50. The van der Waals surface area contributed by atoms with Gasteiger partial charge in [0.05, 0.1) is 24.4 Å². The van der Waals surface area contributed by atoms with Crippen LogP contribution in [0.3, 0.4) is 0 Å². The van der Waals surface area contributed by atoms with Crippen LogP contribution in [-0.2, 0) is 9.59 Å². The van der Waals surface area contributed by atoms with E-state index in [2.05, 4.69) is 5.32 Å². The standard InChI is InChI=1S/C13H21N3O3/c1-2-13(12(18)19)5-3-8-16(10-13)9-11(17)15-7-4-6-14/h2-5,7-10H2,1H3,(H,15,17)(H,18,19). The molecule has 0 aliphatic carbocycles. The predicted molar refractivity (Wildman–Crippen MR) is 69.3 cm³/mol. The van der Waals surface area contributed by atoms with Crippen molar-refractivity contribution in [2.75, 3.05) is 26.2 Å². The highest BCUT2D eigenvalue weighted by atomic mass is 16.4. The molecule has 1 heterocycles. The normalized spacial score (nSPS) is 23.6. The fraction of sp³-hybridized carbons (Fsp3) is 0.769. The number of likely N-dealkylation sites (tertiary alicyclic amines) is 1. The van der Waals surface area contributed by atoms with Gasteiger partial charge in [0.2, 0.25) is 5.91 Å². The molecule has 0 aromatic carbocycles. The Morgan fingerprint density at radius 2 is 2.26 bits per heavy atom. The maximum Gasteiger partial charge on any atom is 0.310 e. The molecule has 1 aliphatic rings. The molecular weight excluding hydrogens is 246 g/mol. The molecule has 6 heteroatoms. The summed E-state index contributed by atoms with van der Waals surface area (Å²) >= 11 is 0. The first-order valence-corrected chi connectivity index (χ1v) is 6.63. The third kappa shape index (κ3) is 4.21. The van der Waals surface area contributed by atoms with Crippen LogP contribution in [-0.4, -0.2) is 48.1 Å². The molecule has 0 aromatic rings. The number of carbonyl (C=O) groups excluding carboxylic acids is 1. The predicted octanol–water partition coefficient (Wildman–Crippen LogP) is 0.593. The zero-order valence-electron chi connectivity index (χ0n) is 11.3. The average molecular weight is 267 g/mol. The molecule has 1 fully saturated rings. The number of nitriles is 1. The van der Waals surface area contributed by atoms with Crippen LogP contribution in [0.2, 0.25) is 0 Å². The number of rotatable bonds is 6. The van der Waals surface area contributed by atoms with Gasteiger partial charge in [0.1, 0.15) is 0 Å². The SMILES string of the molecule is CCC1(C(=O)O)CCCN(CC(=O)NCCC#N)C1. The van der Waals surface area contributed by atoms with Gasteiger partial charge in [-0.15, -0.1) is 0 Å². The number of aliphatic carboxylic acids is 1. The molecular formula is C13H21N3O3. The van der Waals surface area contributed by atoms with Crippen molar-refractivity contribution in [3.05, 3.63) is 0 Å². The van der Waals surface area contributed by atoms with E-state index in [-0.39, 0.29) is 12.5 Å². The Bertz CT molecular complexity index is 378. The van der Waals surface area contributed by atoms with Gasteiger partial charge in [-0.1, -0.05) is 6.92 Å². The first-order chi connectivity index (χ1) is 9.04. The second-order valence-electron chi connectivity index (χ2n) is 5.01. The Morgan fingerprint density at radius 1 is 1.53 bits per heavy atom.